The van der Waals surface area contributed by atoms with Gasteiger partial charge in [0.05, 0.1) is 5.92 Å². The van der Waals surface area contributed by atoms with Gasteiger partial charge in [-0.3, -0.25) is 15.2 Å². The van der Waals surface area contributed by atoms with E-state index in [1.807, 2.05) is 18.2 Å². The molecule has 0 unspecified atom stereocenters. The van der Waals surface area contributed by atoms with Crippen molar-refractivity contribution >= 4 is 17.8 Å². The van der Waals surface area contributed by atoms with Crippen LogP contribution in [0.1, 0.15) is 24.2 Å². The van der Waals surface area contributed by atoms with Gasteiger partial charge >= 0.3 is 0 Å². The summed E-state index contributed by atoms with van der Waals surface area (Å²) in [6.07, 6.45) is 6.81. The van der Waals surface area contributed by atoms with E-state index in [-0.39, 0.29) is 11.8 Å². The van der Waals surface area contributed by atoms with E-state index in [2.05, 4.69) is 47.5 Å². The topological polar surface area (TPSA) is 99.7 Å². The number of nitrogens with one attached hydrogen (secondary N) is 2. The number of carbonyl (C=O) groups excluding carboxylic acids is 1. The average Bonchev–Trinajstić information content (AvgIpc) is 3.21. The Morgan fingerprint density at radius 3 is 2.79 bits per heavy atom. The van der Waals surface area contributed by atoms with Gasteiger partial charge in [0.25, 0.3) is 0 Å². The van der Waals surface area contributed by atoms with Crippen molar-refractivity contribution in [2.75, 3.05) is 23.3 Å². The van der Waals surface area contributed by atoms with Crippen molar-refractivity contribution in [3.8, 4) is 0 Å². The summed E-state index contributed by atoms with van der Waals surface area (Å²) in [6.45, 7) is 1.46. The lowest BCUT2D eigenvalue weighted by Gasteiger charge is -2.31. The zero-order valence-electron chi connectivity index (χ0n) is 15.6. The molecule has 0 aliphatic carbocycles. The van der Waals surface area contributed by atoms with Crippen LogP contribution in [0.25, 0.3) is 0 Å². The largest absolute Gasteiger partial charge is 0.340 e. The lowest BCUT2D eigenvalue weighted by atomic mass is 9.97. The molecule has 1 atom stereocenters. The quantitative estimate of drug-likeness (QED) is 0.683. The Morgan fingerprint density at radius 2 is 1.96 bits per heavy atom. The SMILES string of the molecule is O=C(Nc1n[nH]c(CCc2ccccc2)n1)[C@@H]1CCCN(c2ncccn2)C1. The highest BCUT2D eigenvalue weighted by Gasteiger charge is 2.27. The average molecular weight is 377 g/mol. The third kappa shape index (κ3) is 4.51. The number of carbonyl (C=O) groups is 1. The number of anilines is 2. The van der Waals surface area contributed by atoms with Crippen LogP contribution in [0.3, 0.4) is 0 Å². The Labute approximate surface area is 163 Å². The van der Waals surface area contributed by atoms with Crippen molar-refractivity contribution in [2.45, 2.75) is 25.7 Å². The van der Waals surface area contributed by atoms with E-state index in [0.29, 0.717) is 18.4 Å². The van der Waals surface area contributed by atoms with Gasteiger partial charge in [-0.1, -0.05) is 30.3 Å². The van der Waals surface area contributed by atoms with Crippen LogP contribution in [0.4, 0.5) is 11.9 Å². The third-order valence-electron chi connectivity index (χ3n) is 4.89. The first kappa shape index (κ1) is 18.1. The van der Waals surface area contributed by atoms with E-state index in [1.165, 1.54) is 5.56 Å². The molecule has 0 saturated carbocycles. The number of amides is 1. The Balaban J connectivity index is 1.31. The molecule has 1 aliphatic rings. The first-order chi connectivity index (χ1) is 13.8. The van der Waals surface area contributed by atoms with E-state index in [9.17, 15) is 4.79 Å². The molecule has 28 heavy (non-hydrogen) atoms. The predicted molar refractivity (Wildman–Crippen MR) is 106 cm³/mol. The van der Waals surface area contributed by atoms with Gasteiger partial charge in [-0.05, 0) is 30.9 Å². The highest BCUT2D eigenvalue weighted by atomic mass is 16.2. The first-order valence-electron chi connectivity index (χ1n) is 9.56. The van der Waals surface area contributed by atoms with Gasteiger partial charge in [0, 0.05) is 31.9 Å². The van der Waals surface area contributed by atoms with Crippen LogP contribution in [0.15, 0.2) is 48.8 Å². The fraction of sp³-hybridized carbons (Fsp3) is 0.350. The summed E-state index contributed by atoms with van der Waals surface area (Å²) in [4.78, 5) is 27.7. The lowest BCUT2D eigenvalue weighted by Crippen LogP contribution is -2.41. The van der Waals surface area contributed by atoms with Gasteiger partial charge in [-0.25, -0.2) is 9.97 Å². The number of hydrogen-bond donors (Lipinski definition) is 2. The summed E-state index contributed by atoms with van der Waals surface area (Å²) >= 11 is 0. The van der Waals surface area contributed by atoms with Crippen molar-refractivity contribution in [3.63, 3.8) is 0 Å². The van der Waals surface area contributed by atoms with Crippen molar-refractivity contribution < 1.29 is 4.79 Å². The Hall–Kier alpha value is -3.29. The Bertz CT molecular complexity index is 897. The van der Waals surface area contributed by atoms with Gasteiger partial charge in [0.2, 0.25) is 17.8 Å². The minimum atomic E-state index is -0.135. The molecule has 2 N–H and O–H groups in total. The molecule has 1 saturated heterocycles. The highest BCUT2D eigenvalue weighted by Crippen LogP contribution is 2.21. The summed E-state index contributed by atoms with van der Waals surface area (Å²) in [5.41, 5.74) is 1.25. The highest BCUT2D eigenvalue weighted by molar-refractivity contribution is 5.91. The first-order valence-corrected chi connectivity index (χ1v) is 9.56. The lowest BCUT2D eigenvalue weighted by molar-refractivity contribution is -0.120. The van der Waals surface area contributed by atoms with Crippen LogP contribution in [-0.2, 0) is 17.6 Å². The van der Waals surface area contributed by atoms with Crippen LogP contribution >= 0.6 is 0 Å². The Morgan fingerprint density at radius 1 is 1.14 bits per heavy atom. The van der Waals surface area contributed by atoms with Crippen LogP contribution < -0.4 is 10.2 Å². The zero-order chi connectivity index (χ0) is 19.2. The van der Waals surface area contributed by atoms with Crippen molar-refractivity contribution in [3.05, 3.63) is 60.2 Å². The number of H-pyrrole nitrogens is 1. The van der Waals surface area contributed by atoms with Crippen LogP contribution in [0.2, 0.25) is 0 Å². The van der Waals surface area contributed by atoms with E-state index in [1.54, 1.807) is 18.5 Å². The normalized spacial score (nSPS) is 16.7. The molecule has 3 heterocycles. The molecule has 2 aromatic heterocycles. The molecule has 4 rings (SSSR count). The molecule has 8 nitrogen and oxygen atoms in total. The predicted octanol–water partition coefficient (Wildman–Crippen LogP) is 2.23. The number of aromatic nitrogens is 5. The maximum absolute atomic E-state index is 12.7. The maximum Gasteiger partial charge on any atom is 0.248 e. The van der Waals surface area contributed by atoms with E-state index in [0.717, 1.165) is 38.1 Å². The minimum absolute atomic E-state index is 0.0609. The van der Waals surface area contributed by atoms with Gasteiger partial charge in [-0.15, -0.1) is 5.10 Å². The molecule has 1 fully saturated rings. The molecular weight excluding hydrogens is 354 g/mol. The fourth-order valence-electron chi connectivity index (χ4n) is 3.41. The number of nitrogens with zero attached hydrogens (tertiary/aromatic N) is 5. The van der Waals surface area contributed by atoms with Gasteiger partial charge in [0.15, 0.2) is 0 Å². The van der Waals surface area contributed by atoms with E-state index >= 15 is 0 Å². The fourth-order valence-corrected chi connectivity index (χ4v) is 3.41. The summed E-state index contributed by atoms with van der Waals surface area (Å²) in [5.74, 6) is 1.57. The number of hydrogen-bond acceptors (Lipinski definition) is 6. The summed E-state index contributed by atoms with van der Waals surface area (Å²) in [7, 11) is 0. The molecular formula is C20H23N7O. The number of aromatic amines is 1. The van der Waals surface area contributed by atoms with E-state index < -0.39 is 0 Å². The smallest absolute Gasteiger partial charge is 0.248 e. The molecule has 144 valence electrons. The second kappa shape index (κ2) is 8.60. The molecule has 0 radical (unpaired) electrons. The number of piperidine rings is 1. The van der Waals surface area contributed by atoms with E-state index in [4.69, 9.17) is 0 Å². The number of rotatable bonds is 6. The van der Waals surface area contributed by atoms with Gasteiger partial charge in [0.1, 0.15) is 5.82 Å². The number of aryl methyl sites for hydroxylation is 2. The summed E-state index contributed by atoms with van der Waals surface area (Å²) in [5, 5.41) is 9.89. The molecule has 0 spiro atoms. The summed E-state index contributed by atoms with van der Waals surface area (Å²) in [6, 6.07) is 12.0. The van der Waals surface area contributed by atoms with Gasteiger partial charge < -0.3 is 4.90 Å². The second-order valence-corrected chi connectivity index (χ2v) is 6.91. The Kier molecular flexibility index (Phi) is 5.56. The zero-order valence-corrected chi connectivity index (χ0v) is 15.6. The standard InChI is InChI=1S/C20H23N7O/c28-18(16-8-4-13-27(14-16)20-21-11-5-12-22-20)24-19-23-17(25-26-19)10-9-15-6-2-1-3-7-15/h1-3,5-7,11-12,16H,4,8-10,13-14H2,(H2,23,24,25,26,28)/t16-/m1/s1. The van der Waals surface area contributed by atoms with Crippen molar-refractivity contribution in [1.82, 2.24) is 25.1 Å². The minimum Gasteiger partial charge on any atom is -0.340 e. The molecule has 8 heteroatoms. The van der Waals surface area contributed by atoms with Crippen molar-refractivity contribution in [1.29, 1.82) is 0 Å². The molecule has 3 aromatic rings. The summed E-state index contributed by atoms with van der Waals surface area (Å²) < 4.78 is 0. The van der Waals surface area contributed by atoms with Crippen LogP contribution in [0.5, 0.6) is 0 Å². The number of benzene rings is 1. The van der Waals surface area contributed by atoms with Crippen LogP contribution in [0, 0.1) is 5.92 Å². The molecule has 1 amide bonds. The third-order valence-corrected chi connectivity index (χ3v) is 4.89. The van der Waals surface area contributed by atoms with Gasteiger partial charge in [-0.2, -0.15) is 4.98 Å². The second-order valence-electron chi connectivity index (χ2n) is 6.91. The maximum atomic E-state index is 12.7. The molecule has 1 aliphatic heterocycles. The van der Waals surface area contributed by atoms with Crippen molar-refractivity contribution in [2.24, 2.45) is 5.92 Å². The molecule has 1 aromatic carbocycles. The molecule has 0 bridgehead atoms. The monoisotopic (exact) mass is 377 g/mol. The van der Waals surface area contributed by atoms with Crippen LogP contribution in [-0.4, -0.2) is 44.1 Å².